The van der Waals surface area contributed by atoms with Crippen molar-refractivity contribution >= 4 is 11.8 Å². The molecule has 0 aliphatic carbocycles. The van der Waals surface area contributed by atoms with E-state index in [2.05, 4.69) is 10.3 Å². The predicted octanol–water partition coefficient (Wildman–Crippen LogP) is 1.53. The normalized spacial score (nSPS) is 17.2. The van der Waals surface area contributed by atoms with Crippen LogP contribution in [-0.4, -0.2) is 40.8 Å². The quantitative estimate of drug-likeness (QED) is 0.894. The van der Waals surface area contributed by atoms with Crippen molar-refractivity contribution in [3.63, 3.8) is 0 Å². The van der Waals surface area contributed by atoms with Crippen LogP contribution in [0.3, 0.4) is 0 Å². The molecule has 1 N–H and O–H groups in total. The number of carbonyl (C=O) groups excluding carboxylic acids is 2. The number of pyridine rings is 1. The van der Waals surface area contributed by atoms with Gasteiger partial charge in [0.25, 0.3) is 0 Å². The molecule has 1 aromatic heterocycles. The van der Waals surface area contributed by atoms with Crippen LogP contribution in [0.15, 0.2) is 24.5 Å². The summed E-state index contributed by atoms with van der Waals surface area (Å²) in [7, 11) is 0. The Labute approximate surface area is 125 Å². The molecule has 1 saturated heterocycles. The second-order valence-electron chi connectivity index (χ2n) is 5.66. The molecular weight excluding hydrogens is 266 g/mol. The Hall–Kier alpha value is -1.91. The maximum absolute atomic E-state index is 12.0. The molecule has 2 amide bonds. The summed E-state index contributed by atoms with van der Waals surface area (Å²) in [6.45, 7) is 2.84. The Balaban J connectivity index is 1.79. The van der Waals surface area contributed by atoms with Crippen molar-refractivity contribution in [1.82, 2.24) is 15.2 Å². The smallest absolute Gasteiger partial charge is 0.239 e. The van der Waals surface area contributed by atoms with E-state index in [0.717, 1.165) is 31.2 Å². The molecule has 1 aromatic rings. The van der Waals surface area contributed by atoms with Gasteiger partial charge in [-0.1, -0.05) is 12.5 Å². The van der Waals surface area contributed by atoms with Crippen LogP contribution in [0.25, 0.3) is 0 Å². The maximum atomic E-state index is 12.0. The molecule has 0 saturated carbocycles. The Bertz CT molecular complexity index is 476. The molecule has 21 heavy (non-hydrogen) atoms. The first-order valence-corrected chi connectivity index (χ1v) is 7.61. The van der Waals surface area contributed by atoms with E-state index in [4.69, 9.17) is 0 Å². The van der Waals surface area contributed by atoms with Crippen LogP contribution >= 0.6 is 0 Å². The molecule has 0 aromatic carbocycles. The monoisotopic (exact) mass is 289 g/mol. The summed E-state index contributed by atoms with van der Waals surface area (Å²) in [4.78, 5) is 29.7. The second-order valence-corrected chi connectivity index (χ2v) is 5.66. The van der Waals surface area contributed by atoms with Gasteiger partial charge in [0.05, 0.1) is 6.54 Å². The van der Waals surface area contributed by atoms with Gasteiger partial charge in [-0.25, -0.2) is 0 Å². The fourth-order valence-electron chi connectivity index (χ4n) is 2.62. The van der Waals surface area contributed by atoms with E-state index in [9.17, 15) is 9.59 Å². The van der Waals surface area contributed by atoms with Gasteiger partial charge in [0.2, 0.25) is 11.8 Å². The van der Waals surface area contributed by atoms with Crippen LogP contribution in [0.4, 0.5) is 0 Å². The highest BCUT2D eigenvalue weighted by Crippen LogP contribution is 2.10. The van der Waals surface area contributed by atoms with E-state index in [1.807, 2.05) is 19.1 Å². The summed E-state index contributed by atoms with van der Waals surface area (Å²) in [5.74, 6) is 0.0178. The van der Waals surface area contributed by atoms with Gasteiger partial charge in [0.1, 0.15) is 0 Å². The molecule has 1 fully saturated rings. The number of nitrogens with one attached hydrogen (secondary N) is 1. The summed E-state index contributed by atoms with van der Waals surface area (Å²) >= 11 is 0. The zero-order chi connectivity index (χ0) is 15.1. The van der Waals surface area contributed by atoms with E-state index < -0.39 is 0 Å². The highest BCUT2D eigenvalue weighted by atomic mass is 16.2. The van der Waals surface area contributed by atoms with Crippen LogP contribution in [0.1, 0.15) is 38.2 Å². The van der Waals surface area contributed by atoms with E-state index in [1.165, 1.54) is 0 Å². The van der Waals surface area contributed by atoms with Gasteiger partial charge >= 0.3 is 0 Å². The lowest BCUT2D eigenvalue weighted by atomic mass is 10.1. The topological polar surface area (TPSA) is 62.3 Å². The first-order chi connectivity index (χ1) is 10.1. The Morgan fingerprint density at radius 3 is 3.05 bits per heavy atom. The Morgan fingerprint density at radius 2 is 2.29 bits per heavy atom. The van der Waals surface area contributed by atoms with Crippen LogP contribution in [0.5, 0.6) is 0 Å². The summed E-state index contributed by atoms with van der Waals surface area (Å²) in [5, 5.41) is 2.96. The van der Waals surface area contributed by atoms with Gasteiger partial charge in [-0.2, -0.15) is 0 Å². The van der Waals surface area contributed by atoms with Crippen LogP contribution in [0.2, 0.25) is 0 Å². The number of hydrogen-bond donors (Lipinski definition) is 1. The maximum Gasteiger partial charge on any atom is 0.239 e. The first-order valence-electron chi connectivity index (χ1n) is 7.61. The lowest BCUT2D eigenvalue weighted by Crippen LogP contribution is -2.43. The zero-order valence-electron chi connectivity index (χ0n) is 12.5. The largest absolute Gasteiger partial charge is 0.352 e. The summed E-state index contributed by atoms with van der Waals surface area (Å²) in [6, 6.07) is 3.91. The molecule has 1 aliphatic rings. The number of carbonyl (C=O) groups is 2. The summed E-state index contributed by atoms with van der Waals surface area (Å²) in [6.07, 6.45) is 7.85. The zero-order valence-corrected chi connectivity index (χ0v) is 12.5. The van der Waals surface area contributed by atoms with Crippen molar-refractivity contribution in [3.05, 3.63) is 30.1 Å². The minimum absolute atomic E-state index is 0.0313. The molecule has 0 radical (unpaired) electrons. The predicted molar refractivity (Wildman–Crippen MR) is 80.6 cm³/mol. The molecule has 2 rings (SSSR count). The molecule has 2 heterocycles. The number of likely N-dealkylation sites (tertiary alicyclic amines) is 1. The van der Waals surface area contributed by atoms with Crippen molar-refractivity contribution in [2.24, 2.45) is 0 Å². The van der Waals surface area contributed by atoms with Crippen molar-refractivity contribution in [1.29, 1.82) is 0 Å². The molecule has 1 unspecified atom stereocenters. The minimum Gasteiger partial charge on any atom is -0.352 e. The van der Waals surface area contributed by atoms with Crippen molar-refractivity contribution in [2.45, 2.75) is 45.1 Å². The van der Waals surface area contributed by atoms with Gasteiger partial charge in [-0.05, 0) is 37.8 Å². The number of rotatable bonds is 5. The molecule has 1 aliphatic heterocycles. The van der Waals surface area contributed by atoms with Gasteiger partial charge in [-0.15, -0.1) is 0 Å². The Kier molecular flexibility index (Phi) is 5.72. The minimum atomic E-state index is -0.0818. The third kappa shape index (κ3) is 5.17. The van der Waals surface area contributed by atoms with Crippen LogP contribution < -0.4 is 5.32 Å². The van der Waals surface area contributed by atoms with Crippen LogP contribution in [0, 0.1) is 0 Å². The number of aromatic nitrogens is 1. The lowest BCUT2D eigenvalue weighted by molar-refractivity contribution is -0.135. The van der Waals surface area contributed by atoms with Gasteiger partial charge < -0.3 is 10.2 Å². The first kappa shape index (κ1) is 15.5. The number of nitrogens with zero attached hydrogens (tertiary/aromatic N) is 2. The van der Waals surface area contributed by atoms with Gasteiger partial charge in [-0.3, -0.25) is 14.6 Å². The molecule has 114 valence electrons. The highest BCUT2D eigenvalue weighted by molar-refractivity contribution is 5.85. The fourth-order valence-corrected chi connectivity index (χ4v) is 2.62. The Morgan fingerprint density at radius 1 is 1.43 bits per heavy atom. The van der Waals surface area contributed by atoms with Crippen molar-refractivity contribution in [2.75, 3.05) is 13.1 Å². The van der Waals surface area contributed by atoms with E-state index >= 15 is 0 Å². The number of hydrogen-bond acceptors (Lipinski definition) is 3. The fraction of sp³-hybridized carbons (Fsp3) is 0.562. The molecule has 5 heteroatoms. The molecular formula is C16H23N3O2. The highest BCUT2D eigenvalue weighted by Gasteiger charge is 2.19. The number of amides is 2. The van der Waals surface area contributed by atoms with E-state index in [1.54, 1.807) is 17.3 Å². The second kappa shape index (κ2) is 7.76. The van der Waals surface area contributed by atoms with Crippen molar-refractivity contribution < 1.29 is 9.59 Å². The third-order valence-corrected chi connectivity index (χ3v) is 3.68. The SMILES string of the molecule is CC(Cc1cccnc1)NC(=O)CN1CCCCCC1=O. The molecule has 1 atom stereocenters. The summed E-state index contributed by atoms with van der Waals surface area (Å²) in [5.41, 5.74) is 1.09. The van der Waals surface area contributed by atoms with E-state index in [-0.39, 0.29) is 24.4 Å². The summed E-state index contributed by atoms with van der Waals surface area (Å²) < 4.78 is 0. The van der Waals surface area contributed by atoms with E-state index in [0.29, 0.717) is 13.0 Å². The van der Waals surface area contributed by atoms with Gasteiger partial charge in [0, 0.05) is 31.4 Å². The van der Waals surface area contributed by atoms with Gasteiger partial charge in [0.15, 0.2) is 0 Å². The van der Waals surface area contributed by atoms with Crippen LogP contribution in [-0.2, 0) is 16.0 Å². The third-order valence-electron chi connectivity index (χ3n) is 3.68. The molecule has 0 bridgehead atoms. The standard InChI is InChI=1S/C16H23N3O2/c1-13(10-14-6-5-8-17-11-14)18-15(20)12-19-9-4-2-3-7-16(19)21/h5-6,8,11,13H,2-4,7,9-10,12H2,1H3,(H,18,20). The average molecular weight is 289 g/mol. The molecule has 5 nitrogen and oxygen atoms in total. The molecule has 0 spiro atoms. The van der Waals surface area contributed by atoms with Crippen molar-refractivity contribution in [3.8, 4) is 0 Å². The lowest BCUT2D eigenvalue weighted by Gasteiger charge is -2.21. The average Bonchev–Trinajstić information content (AvgIpc) is 2.65.